The van der Waals surface area contributed by atoms with E-state index in [4.69, 9.17) is 23.2 Å². The van der Waals surface area contributed by atoms with Gasteiger partial charge in [0.25, 0.3) is 5.91 Å². The number of carbonyl (C=O) groups excluding carboxylic acids is 1. The summed E-state index contributed by atoms with van der Waals surface area (Å²) >= 11 is 12.9. The molecule has 2 aromatic rings. The lowest BCUT2D eigenvalue weighted by atomic mass is 9.98. The zero-order valence-electron chi connectivity index (χ0n) is 11.2. The molecule has 1 aliphatic carbocycles. The molecule has 1 heterocycles. The Morgan fingerprint density at radius 2 is 1.67 bits per heavy atom. The largest absolute Gasteiger partial charge is 0.328 e. The van der Waals surface area contributed by atoms with Gasteiger partial charge in [0.15, 0.2) is 0 Å². The number of rotatable bonds is 2. The number of nitrogens with zero attached hydrogens (tertiary/aromatic N) is 1. The van der Waals surface area contributed by atoms with E-state index in [2.05, 4.69) is 0 Å². The predicted octanol–water partition coefficient (Wildman–Crippen LogP) is 3.98. The average Bonchev–Trinajstić information content (AvgIpc) is 3.07. The molecule has 0 spiro atoms. The van der Waals surface area contributed by atoms with Gasteiger partial charge < -0.3 is 4.90 Å². The first-order chi connectivity index (χ1) is 10.1. The van der Waals surface area contributed by atoms with Gasteiger partial charge in [0.1, 0.15) is 4.33 Å². The number of hydrogen-bond acceptors (Lipinski definition) is 1. The normalized spacial score (nSPS) is 25.2. The third kappa shape index (κ3) is 1.90. The average molecular weight is 318 g/mol. The monoisotopic (exact) mass is 317 g/mol. The fourth-order valence-corrected chi connectivity index (χ4v) is 4.11. The first-order valence-corrected chi connectivity index (χ1v) is 7.68. The van der Waals surface area contributed by atoms with Gasteiger partial charge in [-0.05, 0) is 17.2 Å². The van der Waals surface area contributed by atoms with Crippen LogP contribution >= 0.6 is 23.2 Å². The van der Waals surface area contributed by atoms with Gasteiger partial charge in [-0.15, -0.1) is 0 Å². The maximum Gasteiger partial charge on any atom is 0.254 e. The number of amides is 1. The van der Waals surface area contributed by atoms with E-state index in [9.17, 15) is 4.79 Å². The fourth-order valence-electron chi connectivity index (χ4n) is 3.27. The second-order valence-corrected chi connectivity index (χ2v) is 7.05. The SMILES string of the molecule is O=C1c2ccccc2C2C(N1Cc1ccccc1)C2(Cl)Cl. The van der Waals surface area contributed by atoms with Crippen molar-refractivity contribution >= 4 is 29.1 Å². The van der Waals surface area contributed by atoms with E-state index in [0.717, 1.165) is 16.7 Å². The Balaban J connectivity index is 1.75. The van der Waals surface area contributed by atoms with Crippen molar-refractivity contribution in [2.45, 2.75) is 22.8 Å². The van der Waals surface area contributed by atoms with Crippen molar-refractivity contribution in [3.8, 4) is 0 Å². The molecule has 106 valence electrons. The molecule has 21 heavy (non-hydrogen) atoms. The van der Waals surface area contributed by atoms with Crippen LogP contribution in [0.25, 0.3) is 0 Å². The number of carbonyl (C=O) groups is 1. The summed E-state index contributed by atoms with van der Waals surface area (Å²) in [4.78, 5) is 14.6. The van der Waals surface area contributed by atoms with Gasteiger partial charge >= 0.3 is 0 Å². The molecular weight excluding hydrogens is 305 g/mol. The predicted molar refractivity (Wildman–Crippen MR) is 83.7 cm³/mol. The minimum Gasteiger partial charge on any atom is -0.328 e. The molecule has 4 rings (SSSR count). The molecule has 2 aromatic carbocycles. The maximum absolute atomic E-state index is 12.8. The Hall–Kier alpha value is -1.51. The highest BCUT2D eigenvalue weighted by Gasteiger charge is 2.70. The standard InChI is InChI=1S/C17H13Cl2NO/c18-17(19)14-12-8-4-5-9-13(12)16(21)20(15(14)17)10-11-6-2-1-3-7-11/h1-9,14-15H,10H2. The van der Waals surface area contributed by atoms with E-state index in [-0.39, 0.29) is 17.9 Å². The molecule has 0 saturated heterocycles. The van der Waals surface area contributed by atoms with Gasteiger partial charge in [0.2, 0.25) is 0 Å². The van der Waals surface area contributed by atoms with Crippen molar-refractivity contribution in [2.24, 2.45) is 0 Å². The molecular formula is C17H13Cl2NO. The maximum atomic E-state index is 12.8. The Labute approximate surface area is 133 Å². The summed E-state index contributed by atoms with van der Waals surface area (Å²) in [6, 6.07) is 17.4. The van der Waals surface area contributed by atoms with Crippen LogP contribution in [-0.4, -0.2) is 21.2 Å². The number of benzene rings is 2. The summed E-state index contributed by atoms with van der Waals surface area (Å²) in [6.45, 7) is 0.538. The first kappa shape index (κ1) is 13.2. The van der Waals surface area contributed by atoms with Gasteiger partial charge in [-0.1, -0.05) is 71.7 Å². The molecule has 2 nitrogen and oxygen atoms in total. The molecule has 0 N–H and O–H groups in total. The molecule has 0 bridgehead atoms. The van der Waals surface area contributed by atoms with Crippen LogP contribution in [0.2, 0.25) is 0 Å². The van der Waals surface area contributed by atoms with Crippen LogP contribution in [0.15, 0.2) is 54.6 Å². The highest BCUT2D eigenvalue weighted by atomic mass is 35.5. The molecule has 0 radical (unpaired) electrons. The summed E-state index contributed by atoms with van der Waals surface area (Å²) in [5, 5.41) is 0. The van der Waals surface area contributed by atoms with E-state index in [0.29, 0.717) is 6.54 Å². The molecule has 4 heteroatoms. The molecule has 1 aliphatic heterocycles. The summed E-state index contributed by atoms with van der Waals surface area (Å²) in [7, 11) is 0. The molecule has 1 amide bonds. The number of fused-ring (bicyclic) bond motifs is 3. The number of halogens is 2. The van der Waals surface area contributed by atoms with Crippen LogP contribution in [-0.2, 0) is 6.54 Å². The highest BCUT2D eigenvalue weighted by molar-refractivity contribution is 6.53. The van der Waals surface area contributed by atoms with Gasteiger partial charge in [-0.3, -0.25) is 4.79 Å². The van der Waals surface area contributed by atoms with Crippen LogP contribution in [0, 0.1) is 0 Å². The van der Waals surface area contributed by atoms with E-state index in [1.807, 2.05) is 59.5 Å². The van der Waals surface area contributed by atoms with E-state index < -0.39 is 4.33 Å². The van der Waals surface area contributed by atoms with E-state index in [1.54, 1.807) is 0 Å². The second-order valence-electron chi connectivity index (χ2n) is 5.60. The Bertz CT molecular complexity index is 714. The van der Waals surface area contributed by atoms with E-state index in [1.165, 1.54) is 0 Å². The lowest BCUT2D eigenvalue weighted by Crippen LogP contribution is -2.38. The topological polar surface area (TPSA) is 20.3 Å². The van der Waals surface area contributed by atoms with Crippen molar-refractivity contribution in [1.29, 1.82) is 0 Å². The fraction of sp³-hybridized carbons (Fsp3) is 0.235. The first-order valence-electron chi connectivity index (χ1n) is 6.92. The zero-order chi connectivity index (χ0) is 14.6. The summed E-state index contributed by atoms with van der Waals surface area (Å²) in [6.07, 6.45) is 0. The van der Waals surface area contributed by atoms with Gasteiger partial charge in [-0.25, -0.2) is 0 Å². The molecule has 0 aromatic heterocycles. The third-order valence-corrected chi connectivity index (χ3v) is 5.25. The Kier molecular flexibility index (Phi) is 2.82. The van der Waals surface area contributed by atoms with Crippen molar-refractivity contribution in [3.63, 3.8) is 0 Å². The minimum absolute atomic E-state index is 0.0124. The Morgan fingerprint density at radius 3 is 2.43 bits per heavy atom. The van der Waals surface area contributed by atoms with Crippen LogP contribution in [0.1, 0.15) is 27.4 Å². The van der Waals surface area contributed by atoms with Crippen molar-refractivity contribution in [1.82, 2.24) is 4.90 Å². The summed E-state index contributed by atoms with van der Waals surface area (Å²) < 4.78 is -0.878. The van der Waals surface area contributed by atoms with E-state index >= 15 is 0 Å². The van der Waals surface area contributed by atoms with Gasteiger partial charge in [0, 0.05) is 18.0 Å². The van der Waals surface area contributed by atoms with Crippen molar-refractivity contribution in [2.75, 3.05) is 0 Å². The quantitative estimate of drug-likeness (QED) is 0.767. The zero-order valence-corrected chi connectivity index (χ0v) is 12.7. The number of hydrogen-bond donors (Lipinski definition) is 0. The number of alkyl halides is 2. The van der Waals surface area contributed by atoms with Crippen LogP contribution in [0.4, 0.5) is 0 Å². The van der Waals surface area contributed by atoms with Crippen LogP contribution < -0.4 is 0 Å². The summed E-state index contributed by atoms with van der Waals surface area (Å²) in [5.41, 5.74) is 2.78. The van der Waals surface area contributed by atoms with Crippen LogP contribution in [0.5, 0.6) is 0 Å². The minimum atomic E-state index is -0.878. The van der Waals surface area contributed by atoms with Crippen molar-refractivity contribution in [3.05, 3.63) is 71.3 Å². The lowest BCUT2D eigenvalue weighted by molar-refractivity contribution is 0.0710. The lowest BCUT2D eigenvalue weighted by Gasteiger charge is -2.28. The summed E-state index contributed by atoms with van der Waals surface area (Å²) in [5.74, 6) is 0.0253. The molecule has 1 fully saturated rings. The van der Waals surface area contributed by atoms with Crippen molar-refractivity contribution < 1.29 is 4.79 Å². The Morgan fingerprint density at radius 1 is 1.00 bits per heavy atom. The third-order valence-electron chi connectivity index (χ3n) is 4.33. The molecule has 1 saturated carbocycles. The van der Waals surface area contributed by atoms with Gasteiger partial charge in [-0.2, -0.15) is 0 Å². The van der Waals surface area contributed by atoms with Crippen LogP contribution in [0.3, 0.4) is 0 Å². The molecule has 2 aliphatic rings. The smallest absolute Gasteiger partial charge is 0.254 e. The molecule has 2 atom stereocenters. The second kappa shape index (κ2) is 4.49. The van der Waals surface area contributed by atoms with Gasteiger partial charge in [0.05, 0.1) is 6.04 Å². The molecule has 2 unspecified atom stereocenters. The highest BCUT2D eigenvalue weighted by Crippen LogP contribution is 2.65.